The molecule has 0 saturated heterocycles. The van der Waals surface area contributed by atoms with Crippen molar-refractivity contribution in [3.8, 4) is 11.5 Å². The van der Waals surface area contributed by atoms with Gasteiger partial charge in [-0.25, -0.2) is 9.07 Å². The van der Waals surface area contributed by atoms with E-state index in [-0.39, 0.29) is 24.7 Å². The third-order valence-corrected chi connectivity index (χ3v) is 3.20. The van der Waals surface area contributed by atoms with Gasteiger partial charge in [-0.3, -0.25) is 4.79 Å². The van der Waals surface area contributed by atoms with Crippen molar-refractivity contribution in [2.75, 3.05) is 0 Å². The van der Waals surface area contributed by atoms with Gasteiger partial charge in [0.1, 0.15) is 18.6 Å². The number of nitrogens with one attached hydrogen (secondary N) is 1. The minimum absolute atomic E-state index is 0.0172. The number of rotatable bonds is 6. The molecular formula is C16H14FN5O2. The zero-order valence-corrected chi connectivity index (χ0v) is 12.6. The summed E-state index contributed by atoms with van der Waals surface area (Å²) in [6.07, 6.45) is 1.36. The lowest BCUT2D eigenvalue weighted by atomic mass is 10.2. The summed E-state index contributed by atoms with van der Waals surface area (Å²) in [6, 6.07) is 13.3. The van der Waals surface area contributed by atoms with Gasteiger partial charge < -0.3 is 10.1 Å². The molecule has 0 aliphatic rings. The average molecular weight is 327 g/mol. The van der Waals surface area contributed by atoms with Crippen LogP contribution in [-0.4, -0.2) is 26.1 Å². The molecule has 0 fully saturated rings. The molecule has 1 amide bonds. The van der Waals surface area contributed by atoms with Crippen molar-refractivity contribution in [3.63, 3.8) is 0 Å². The van der Waals surface area contributed by atoms with Gasteiger partial charge in [-0.1, -0.05) is 30.3 Å². The molecular weight excluding hydrogens is 313 g/mol. The Kier molecular flexibility index (Phi) is 4.76. The van der Waals surface area contributed by atoms with Crippen LogP contribution in [0.4, 0.5) is 4.39 Å². The number of aromatic nitrogens is 4. The van der Waals surface area contributed by atoms with Crippen LogP contribution in [0.15, 0.2) is 54.9 Å². The molecule has 1 aromatic heterocycles. The molecule has 24 heavy (non-hydrogen) atoms. The Labute approximate surface area is 137 Å². The number of hydrogen-bond acceptors (Lipinski definition) is 5. The van der Waals surface area contributed by atoms with E-state index in [2.05, 4.69) is 20.8 Å². The van der Waals surface area contributed by atoms with Crippen LogP contribution in [0.3, 0.4) is 0 Å². The van der Waals surface area contributed by atoms with E-state index in [9.17, 15) is 9.18 Å². The molecule has 0 unspecified atom stereocenters. The standard InChI is InChI=1S/C16H14FN5O2/c17-13-6-2-4-8-15(13)24-14-7-3-1-5-12(14)9-18-16(23)10-22-11-19-20-21-22/h1-8,11H,9-10H2,(H,18,23). The number of amides is 1. The second-order valence-corrected chi connectivity index (χ2v) is 4.92. The zero-order valence-electron chi connectivity index (χ0n) is 12.6. The molecule has 0 spiro atoms. The highest BCUT2D eigenvalue weighted by atomic mass is 19.1. The van der Waals surface area contributed by atoms with Gasteiger partial charge in [-0.05, 0) is 28.6 Å². The molecule has 0 aliphatic heterocycles. The fraction of sp³-hybridized carbons (Fsp3) is 0.125. The van der Waals surface area contributed by atoms with Crippen LogP contribution in [0.5, 0.6) is 11.5 Å². The Bertz CT molecular complexity index is 823. The number of tetrazole rings is 1. The minimum Gasteiger partial charge on any atom is -0.454 e. The number of nitrogens with zero attached hydrogens (tertiary/aromatic N) is 4. The highest BCUT2D eigenvalue weighted by molar-refractivity contribution is 5.75. The third-order valence-electron chi connectivity index (χ3n) is 3.20. The van der Waals surface area contributed by atoms with Crippen LogP contribution in [-0.2, 0) is 17.9 Å². The zero-order chi connectivity index (χ0) is 16.8. The maximum absolute atomic E-state index is 13.7. The van der Waals surface area contributed by atoms with Crippen molar-refractivity contribution in [1.82, 2.24) is 25.5 Å². The van der Waals surface area contributed by atoms with Crippen molar-refractivity contribution in [2.45, 2.75) is 13.1 Å². The average Bonchev–Trinajstić information content (AvgIpc) is 3.09. The normalized spacial score (nSPS) is 10.4. The second kappa shape index (κ2) is 7.32. The summed E-state index contributed by atoms with van der Waals surface area (Å²) in [6.45, 7) is 0.259. The van der Waals surface area contributed by atoms with Gasteiger partial charge in [0.25, 0.3) is 0 Å². The minimum atomic E-state index is -0.449. The summed E-state index contributed by atoms with van der Waals surface area (Å²) in [5, 5.41) is 13.3. The first-order chi connectivity index (χ1) is 11.7. The molecule has 0 saturated carbocycles. The Morgan fingerprint density at radius 1 is 1.12 bits per heavy atom. The van der Waals surface area contributed by atoms with E-state index in [4.69, 9.17) is 4.74 Å². The highest BCUT2D eigenvalue weighted by Gasteiger charge is 2.09. The number of carbonyl (C=O) groups excluding carboxylic acids is 1. The molecule has 0 atom stereocenters. The van der Waals surface area contributed by atoms with Crippen LogP contribution in [0.1, 0.15) is 5.56 Å². The summed E-state index contributed by atoms with van der Waals surface area (Å²) < 4.78 is 20.6. The lowest BCUT2D eigenvalue weighted by Crippen LogP contribution is -2.27. The highest BCUT2D eigenvalue weighted by Crippen LogP contribution is 2.27. The van der Waals surface area contributed by atoms with Gasteiger partial charge >= 0.3 is 0 Å². The SMILES string of the molecule is O=C(Cn1cnnn1)NCc1ccccc1Oc1ccccc1F. The van der Waals surface area contributed by atoms with Crippen LogP contribution in [0.2, 0.25) is 0 Å². The Hall–Kier alpha value is -3.29. The maximum atomic E-state index is 13.7. The first-order valence-electron chi connectivity index (χ1n) is 7.20. The second-order valence-electron chi connectivity index (χ2n) is 4.92. The van der Waals surface area contributed by atoms with Crippen molar-refractivity contribution < 1.29 is 13.9 Å². The van der Waals surface area contributed by atoms with E-state index in [1.807, 2.05) is 6.07 Å². The summed E-state index contributed by atoms with van der Waals surface area (Å²) in [5.41, 5.74) is 0.728. The number of carbonyl (C=O) groups is 1. The maximum Gasteiger partial charge on any atom is 0.242 e. The molecule has 1 N–H and O–H groups in total. The van der Waals surface area contributed by atoms with Crippen molar-refractivity contribution in [2.24, 2.45) is 0 Å². The van der Waals surface area contributed by atoms with Crippen molar-refractivity contribution in [3.05, 3.63) is 66.2 Å². The number of benzene rings is 2. The van der Waals surface area contributed by atoms with E-state index >= 15 is 0 Å². The number of halogens is 1. The lowest BCUT2D eigenvalue weighted by molar-refractivity contribution is -0.122. The van der Waals surface area contributed by atoms with Crippen LogP contribution in [0.25, 0.3) is 0 Å². The van der Waals surface area contributed by atoms with Gasteiger partial charge in [0.05, 0.1) is 0 Å². The van der Waals surface area contributed by atoms with Crippen molar-refractivity contribution >= 4 is 5.91 Å². The largest absolute Gasteiger partial charge is 0.454 e. The van der Waals surface area contributed by atoms with Gasteiger partial charge in [0.2, 0.25) is 5.91 Å². The molecule has 3 rings (SSSR count). The molecule has 3 aromatic rings. The lowest BCUT2D eigenvalue weighted by Gasteiger charge is -2.12. The van der Waals surface area contributed by atoms with Gasteiger partial charge in [-0.2, -0.15) is 0 Å². The van der Waals surface area contributed by atoms with Crippen LogP contribution in [0, 0.1) is 5.82 Å². The van der Waals surface area contributed by atoms with Crippen LogP contribution >= 0.6 is 0 Å². The molecule has 0 bridgehead atoms. The molecule has 0 aliphatic carbocycles. The predicted octanol–water partition coefficient (Wildman–Crippen LogP) is 1.92. The first kappa shape index (κ1) is 15.6. The quantitative estimate of drug-likeness (QED) is 0.748. The summed E-state index contributed by atoms with van der Waals surface area (Å²) in [5.74, 6) is -0.0895. The van der Waals surface area contributed by atoms with Crippen LogP contribution < -0.4 is 10.1 Å². The third kappa shape index (κ3) is 3.92. The molecule has 122 valence electrons. The molecule has 2 aromatic carbocycles. The number of para-hydroxylation sites is 2. The molecule has 8 heteroatoms. The monoisotopic (exact) mass is 327 g/mol. The molecule has 1 heterocycles. The first-order valence-corrected chi connectivity index (χ1v) is 7.20. The number of hydrogen-bond donors (Lipinski definition) is 1. The van der Waals surface area contributed by atoms with E-state index in [1.54, 1.807) is 36.4 Å². The fourth-order valence-electron chi connectivity index (χ4n) is 2.04. The fourth-order valence-corrected chi connectivity index (χ4v) is 2.04. The van der Waals surface area contributed by atoms with E-state index in [0.717, 1.165) is 5.56 Å². The molecule has 7 nitrogen and oxygen atoms in total. The van der Waals surface area contributed by atoms with E-state index in [0.29, 0.717) is 5.75 Å². The predicted molar refractivity (Wildman–Crippen MR) is 82.6 cm³/mol. The van der Waals surface area contributed by atoms with E-state index in [1.165, 1.54) is 17.1 Å². The summed E-state index contributed by atoms with van der Waals surface area (Å²) in [4.78, 5) is 11.9. The summed E-state index contributed by atoms with van der Waals surface area (Å²) >= 11 is 0. The van der Waals surface area contributed by atoms with E-state index < -0.39 is 5.82 Å². The Morgan fingerprint density at radius 3 is 2.62 bits per heavy atom. The smallest absolute Gasteiger partial charge is 0.242 e. The number of ether oxygens (including phenoxy) is 1. The van der Waals surface area contributed by atoms with Gasteiger partial charge in [0.15, 0.2) is 11.6 Å². The van der Waals surface area contributed by atoms with Gasteiger partial charge in [0, 0.05) is 12.1 Å². The Balaban J connectivity index is 1.66. The summed E-state index contributed by atoms with van der Waals surface area (Å²) in [7, 11) is 0. The topological polar surface area (TPSA) is 81.9 Å². The molecule has 0 radical (unpaired) electrons. The van der Waals surface area contributed by atoms with Gasteiger partial charge in [-0.15, -0.1) is 5.10 Å². The van der Waals surface area contributed by atoms with Crippen molar-refractivity contribution in [1.29, 1.82) is 0 Å². The Morgan fingerprint density at radius 2 is 1.88 bits per heavy atom.